The third-order valence-electron chi connectivity index (χ3n) is 3.20. The summed E-state index contributed by atoms with van der Waals surface area (Å²) in [4.78, 5) is 14.6. The number of carbonyl (C=O) groups excluding carboxylic acids is 1. The standard InChI is InChI=1S/C13H16ClIN2O/c1-13(2)8-16-5-6-17(13)12(18)10-7-9(14)3-4-11(10)15/h3-4,7,16H,5-6,8H2,1-2H3. The molecule has 3 nitrogen and oxygen atoms in total. The van der Waals surface area contributed by atoms with Gasteiger partial charge in [-0.15, -0.1) is 0 Å². The summed E-state index contributed by atoms with van der Waals surface area (Å²) in [5, 5.41) is 3.92. The van der Waals surface area contributed by atoms with Crippen molar-refractivity contribution in [3.63, 3.8) is 0 Å². The molecular weight excluding hydrogens is 363 g/mol. The van der Waals surface area contributed by atoms with Crippen molar-refractivity contribution in [1.82, 2.24) is 10.2 Å². The second-order valence-electron chi connectivity index (χ2n) is 5.07. The molecule has 1 saturated heterocycles. The molecule has 5 heteroatoms. The zero-order valence-electron chi connectivity index (χ0n) is 10.5. The molecule has 1 aromatic carbocycles. The van der Waals surface area contributed by atoms with Crippen molar-refractivity contribution in [3.8, 4) is 0 Å². The van der Waals surface area contributed by atoms with E-state index in [9.17, 15) is 4.79 Å². The Bertz CT molecular complexity index is 476. The van der Waals surface area contributed by atoms with Gasteiger partial charge in [-0.1, -0.05) is 11.6 Å². The number of hydrogen-bond donors (Lipinski definition) is 1. The van der Waals surface area contributed by atoms with Gasteiger partial charge in [0.15, 0.2) is 0 Å². The van der Waals surface area contributed by atoms with Crippen molar-refractivity contribution in [2.24, 2.45) is 0 Å². The van der Waals surface area contributed by atoms with E-state index in [-0.39, 0.29) is 11.4 Å². The number of rotatable bonds is 1. The molecule has 1 heterocycles. The zero-order valence-corrected chi connectivity index (χ0v) is 13.4. The predicted octanol–water partition coefficient (Wildman–Crippen LogP) is 2.77. The lowest BCUT2D eigenvalue weighted by atomic mass is 9.99. The lowest BCUT2D eigenvalue weighted by Gasteiger charge is -2.43. The number of halogens is 2. The highest BCUT2D eigenvalue weighted by Gasteiger charge is 2.34. The summed E-state index contributed by atoms with van der Waals surface area (Å²) in [6.45, 7) is 6.54. The Hall–Kier alpha value is -0.330. The first kappa shape index (κ1) is 14.1. The highest BCUT2D eigenvalue weighted by atomic mass is 127. The molecule has 0 bridgehead atoms. The lowest BCUT2D eigenvalue weighted by molar-refractivity contribution is 0.0476. The molecule has 0 aromatic heterocycles. The van der Waals surface area contributed by atoms with Gasteiger partial charge in [-0.05, 0) is 54.6 Å². The summed E-state index contributed by atoms with van der Waals surface area (Å²) in [6.07, 6.45) is 0. The Labute approximate surface area is 126 Å². The zero-order chi connectivity index (χ0) is 13.3. The first-order chi connectivity index (χ1) is 8.42. The van der Waals surface area contributed by atoms with Crippen LogP contribution < -0.4 is 5.32 Å². The summed E-state index contributed by atoms with van der Waals surface area (Å²) in [6, 6.07) is 5.44. The molecular formula is C13H16ClIN2O. The molecule has 2 rings (SSSR count). The molecule has 1 aromatic rings. The van der Waals surface area contributed by atoms with E-state index in [1.54, 1.807) is 6.07 Å². The fraction of sp³-hybridized carbons (Fsp3) is 0.462. The van der Waals surface area contributed by atoms with Crippen molar-refractivity contribution >= 4 is 40.1 Å². The summed E-state index contributed by atoms with van der Waals surface area (Å²) >= 11 is 8.16. The molecule has 0 aliphatic carbocycles. The van der Waals surface area contributed by atoms with Crippen molar-refractivity contribution < 1.29 is 4.79 Å². The fourth-order valence-electron chi connectivity index (χ4n) is 2.17. The Morgan fingerprint density at radius 2 is 2.22 bits per heavy atom. The Morgan fingerprint density at radius 3 is 2.89 bits per heavy atom. The van der Waals surface area contributed by atoms with Crippen LogP contribution in [-0.2, 0) is 0 Å². The molecule has 0 unspecified atom stereocenters. The highest BCUT2D eigenvalue weighted by molar-refractivity contribution is 14.1. The third kappa shape index (κ3) is 2.81. The van der Waals surface area contributed by atoms with Crippen molar-refractivity contribution in [3.05, 3.63) is 32.4 Å². The molecule has 0 spiro atoms. The maximum absolute atomic E-state index is 12.6. The Balaban J connectivity index is 2.33. The number of carbonyl (C=O) groups is 1. The van der Waals surface area contributed by atoms with E-state index in [0.29, 0.717) is 10.6 Å². The van der Waals surface area contributed by atoms with Crippen LogP contribution in [0, 0.1) is 3.57 Å². The lowest BCUT2D eigenvalue weighted by Crippen LogP contribution is -2.59. The number of nitrogens with zero attached hydrogens (tertiary/aromatic N) is 1. The van der Waals surface area contributed by atoms with Crippen LogP contribution in [0.3, 0.4) is 0 Å². The highest BCUT2D eigenvalue weighted by Crippen LogP contribution is 2.24. The minimum Gasteiger partial charge on any atom is -0.331 e. The molecule has 98 valence electrons. The normalized spacial score (nSPS) is 18.8. The monoisotopic (exact) mass is 378 g/mol. The van der Waals surface area contributed by atoms with Crippen LogP contribution in [0.15, 0.2) is 18.2 Å². The molecule has 1 aliphatic rings. The van der Waals surface area contributed by atoms with Gasteiger partial charge in [-0.25, -0.2) is 0 Å². The minimum absolute atomic E-state index is 0.0633. The largest absolute Gasteiger partial charge is 0.331 e. The molecule has 1 aliphatic heterocycles. The first-order valence-corrected chi connectivity index (χ1v) is 7.35. The van der Waals surface area contributed by atoms with Crippen LogP contribution in [0.2, 0.25) is 5.02 Å². The van der Waals surface area contributed by atoms with Crippen LogP contribution in [0.1, 0.15) is 24.2 Å². The second kappa shape index (κ2) is 5.35. The maximum atomic E-state index is 12.6. The van der Waals surface area contributed by atoms with E-state index < -0.39 is 0 Å². The molecule has 1 N–H and O–H groups in total. The molecule has 0 atom stereocenters. The van der Waals surface area contributed by atoms with Gasteiger partial charge in [0.05, 0.1) is 11.1 Å². The molecule has 1 fully saturated rings. The number of benzene rings is 1. The quantitative estimate of drug-likeness (QED) is 0.762. The van der Waals surface area contributed by atoms with Gasteiger partial charge < -0.3 is 10.2 Å². The van der Waals surface area contributed by atoms with Gasteiger partial charge in [0.2, 0.25) is 0 Å². The molecule has 1 amide bonds. The van der Waals surface area contributed by atoms with E-state index in [2.05, 4.69) is 41.8 Å². The Morgan fingerprint density at radius 1 is 1.50 bits per heavy atom. The van der Waals surface area contributed by atoms with Crippen LogP contribution in [-0.4, -0.2) is 36.0 Å². The smallest absolute Gasteiger partial charge is 0.255 e. The van der Waals surface area contributed by atoms with Crippen LogP contribution in [0.25, 0.3) is 0 Å². The summed E-state index contributed by atoms with van der Waals surface area (Å²) < 4.78 is 0.941. The Kier molecular flexibility index (Phi) is 4.18. The first-order valence-electron chi connectivity index (χ1n) is 5.89. The van der Waals surface area contributed by atoms with Crippen molar-refractivity contribution in [1.29, 1.82) is 0 Å². The van der Waals surface area contributed by atoms with Crippen LogP contribution in [0.5, 0.6) is 0 Å². The number of hydrogen-bond acceptors (Lipinski definition) is 2. The van der Waals surface area contributed by atoms with Crippen LogP contribution >= 0.6 is 34.2 Å². The second-order valence-corrected chi connectivity index (χ2v) is 6.67. The molecule has 0 saturated carbocycles. The van der Waals surface area contributed by atoms with E-state index in [0.717, 1.165) is 23.2 Å². The van der Waals surface area contributed by atoms with E-state index in [1.807, 2.05) is 17.0 Å². The molecule has 0 radical (unpaired) electrons. The van der Waals surface area contributed by atoms with Crippen molar-refractivity contribution in [2.45, 2.75) is 19.4 Å². The van der Waals surface area contributed by atoms with Crippen LogP contribution in [0.4, 0.5) is 0 Å². The van der Waals surface area contributed by atoms with E-state index in [1.165, 1.54) is 0 Å². The topological polar surface area (TPSA) is 32.3 Å². The third-order valence-corrected chi connectivity index (χ3v) is 4.38. The van der Waals surface area contributed by atoms with E-state index >= 15 is 0 Å². The summed E-state index contributed by atoms with van der Waals surface area (Å²) in [5.74, 6) is 0.0633. The number of piperazine rings is 1. The molecule has 18 heavy (non-hydrogen) atoms. The minimum atomic E-state index is -0.166. The van der Waals surface area contributed by atoms with Gasteiger partial charge in [0, 0.05) is 28.2 Å². The fourth-order valence-corrected chi connectivity index (χ4v) is 2.90. The average Bonchev–Trinajstić information content (AvgIpc) is 2.31. The van der Waals surface area contributed by atoms with Gasteiger partial charge in [0.1, 0.15) is 0 Å². The van der Waals surface area contributed by atoms with Gasteiger partial charge in [-0.2, -0.15) is 0 Å². The summed E-state index contributed by atoms with van der Waals surface area (Å²) in [7, 11) is 0. The van der Waals surface area contributed by atoms with Gasteiger partial charge in [0.25, 0.3) is 5.91 Å². The average molecular weight is 379 g/mol. The SMILES string of the molecule is CC1(C)CNCCN1C(=O)c1cc(Cl)ccc1I. The predicted molar refractivity (Wildman–Crippen MR) is 82.2 cm³/mol. The van der Waals surface area contributed by atoms with Crippen molar-refractivity contribution in [2.75, 3.05) is 19.6 Å². The van der Waals surface area contributed by atoms with E-state index in [4.69, 9.17) is 11.6 Å². The maximum Gasteiger partial charge on any atom is 0.255 e. The summed E-state index contributed by atoms with van der Waals surface area (Å²) in [5.41, 5.74) is 0.527. The number of nitrogens with one attached hydrogen (secondary N) is 1. The van der Waals surface area contributed by atoms with Gasteiger partial charge in [-0.3, -0.25) is 4.79 Å². The number of amides is 1. The van der Waals surface area contributed by atoms with Gasteiger partial charge >= 0.3 is 0 Å².